The highest BCUT2D eigenvalue weighted by atomic mass is 32.2. The van der Waals surface area contributed by atoms with Gasteiger partial charge in [0, 0.05) is 28.4 Å². The summed E-state index contributed by atoms with van der Waals surface area (Å²) in [5.41, 5.74) is 0.0768. The molecule has 1 N–H and O–H groups in total. The van der Waals surface area contributed by atoms with E-state index in [9.17, 15) is 40.0 Å². The number of urea groups is 1. The second kappa shape index (κ2) is 13.5. The molecule has 0 unspecified atom stereocenters. The van der Waals surface area contributed by atoms with Gasteiger partial charge in [0.1, 0.15) is 15.9 Å². The SMILES string of the molecule is Cc1nccn1Cc1ccc(-c2cc(CC(C)C)sc2S(=O)(=O)NC(=O)N(Cc2ccc(F)c(F)c2)OC(=O)C(F)(F)F)cc1F. The smallest absolute Gasteiger partial charge is 0.331 e. The van der Waals surface area contributed by atoms with E-state index < -0.39 is 56.4 Å². The number of hydrogen-bond acceptors (Lipinski definition) is 7. The molecule has 4 rings (SSSR count). The summed E-state index contributed by atoms with van der Waals surface area (Å²) in [5.74, 6) is -5.57. The van der Waals surface area contributed by atoms with Crippen molar-refractivity contribution in [1.82, 2.24) is 19.3 Å². The van der Waals surface area contributed by atoms with E-state index in [1.165, 1.54) is 18.2 Å². The van der Waals surface area contributed by atoms with Crippen LogP contribution in [-0.4, -0.2) is 41.2 Å². The maximum Gasteiger partial charge on any atom is 0.493 e. The van der Waals surface area contributed by atoms with Gasteiger partial charge in [-0.1, -0.05) is 32.0 Å². The monoisotopic (exact) mass is 688 g/mol. The lowest BCUT2D eigenvalue weighted by Gasteiger charge is -2.22. The van der Waals surface area contributed by atoms with E-state index >= 15 is 4.39 Å². The largest absolute Gasteiger partial charge is 0.493 e. The normalized spacial score (nSPS) is 12.0. The summed E-state index contributed by atoms with van der Waals surface area (Å²) in [4.78, 5) is 33.3. The number of rotatable bonds is 9. The fraction of sp³-hybridized carbons (Fsp3) is 0.276. The van der Waals surface area contributed by atoms with Gasteiger partial charge in [-0.15, -0.1) is 16.4 Å². The second-order valence-electron chi connectivity index (χ2n) is 10.5. The molecule has 0 fully saturated rings. The van der Waals surface area contributed by atoms with Gasteiger partial charge in [0.05, 0.1) is 13.1 Å². The van der Waals surface area contributed by atoms with E-state index in [-0.39, 0.29) is 39.8 Å². The molecule has 0 aliphatic heterocycles. The number of nitrogens with one attached hydrogen (secondary N) is 1. The second-order valence-corrected chi connectivity index (χ2v) is 13.5. The number of amides is 2. The van der Waals surface area contributed by atoms with Crippen molar-refractivity contribution >= 4 is 33.4 Å². The summed E-state index contributed by atoms with van der Waals surface area (Å²) in [6.07, 6.45) is -1.98. The Labute approximate surface area is 263 Å². The van der Waals surface area contributed by atoms with Crippen molar-refractivity contribution in [2.75, 3.05) is 0 Å². The zero-order chi connectivity index (χ0) is 34.0. The maximum absolute atomic E-state index is 15.3. The van der Waals surface area contributed by atoms with Crippen molar-refractivity contribution in [2.45, 2.75) is 50.7 Å². The zero-order valence-electron chi connectivity index (χ0n) is 24.4. The Hall–Kier alpha value is -4.38. The van der Waals surface area contributed by atoms with Gasteiger partial charge in [-0.2, -0.15) is 13.2 Å². The van der Waals surface area contributed by atoms with Crippen LogP contribution in [0.2, 0.25) is 0 Å². The number of imidazole rings is 1. The third kappa shape index (κ3) is 8.25. The molecule has 0 aliphatic carbocycles. The average Bonchev–Trinajstić information content (AvgIpc) is 3.56. The standard InChI is InChI=1S/C29H26F6N4O5S2/c1-16(2)10-21-13-22(19-5-6-20(24(31)12-19)15-38-9-8-36-17(38)3)26(45-21)46(42,43)37-28(41)39(44-27(40)29(33,34)35)14-18-4-7-23(30)25(32)11-18/h4-9,11-13,16H,10,14-15H2,1-3H3,(H,37,41). The molecule has 17 heteroatoms. The highest BCUT2D eigenvalue weighted by Crippen LogP contribution is 2.37. The molecule has 0 bridgehead atoms. The molecular weight excluding hydrogens is 662 g/mol. The van der Waals surface area contributed by atoms with Crippen LogP contribution in [0.4, 0.5) is 31.1 Å². The van der Waals surface area contributed by atoms with Crippen LogP contribution in [0, 0.1) is 30.3 Å². The first-order valence-electron chi connectivity index (χ1n) is 13.4. The minimum absolute atomic E-state index is 0.00431. The van der Waals surface area contributed by atoms with E-state index in [0.29, 0.717) is 29.3 Å². The van der Waals surface area contributed by atoms with Gasteiger partial charge in [-0.25, -0.2) is 40.9 Å². The lowest BCUT2D eigenvalue weighted by molar-refractivity contribution is -0.229. The Morgan fingerprint density at radius 2 is 1.76 bits per heavy atom. The number of hydrogen-bond donors (Lipinski definition) is 1. The number of carbonyl (C=O) groups excluding carboxylic acids is 2. The molecule has 246 valence electrons. The summed E-state index contributed by atoms with van der Waals surface area (Å²) < 4.78 is 111. The minimum Gasteiger partial charge on any atom is -0.331 e. The first-order valence-corrected chi connectivity index (χ1v) is 15.7. The number of aryl methyl sites for hydroxylation is 1. The van der Waals surface area contributed by atoms with E-state index in [1.807, 2.05) is 13.8 Å². The number of nitrogens with zero attached hydrogens (tertiary/aromatic N) is 3. The minimum atomic E-state index is -5.59. The number of aromatic nitrogens is 2. The predicted molar refractivity (Wildman–Crippen MR) is 154 cm³/mol. The molecule has 0 atom stereocenters. The molecule has 46 heavy (non-hydrogen) atoms. The highest BCUT2D eigenvalue weighted by Gasteiger charge is 2.44. The van der Waals surface area contributed by atoms with Crippen molar-refractivity contribution in [3.8, 4) is 11.1 Å². The number of hydroxylamine groups is 2. The molecule has 0 aliphatic rings. The Morgan fingerprint density at radius 1 is 1.04 bits per heavy atom. The summed E-state index contributed by atoms with van der Waals surface area (Å²) in [6.45, 7) is 4.54. The Balaban J connectivity index is 1.68. The van der Waals surface area contributed by atoms with E-state index in [4.69, 9.17) is 0 Å². The Kier molecular flexibility index (Phi) is 10.2. The quantitative estimate of drug-likeness (QED) is 0.159. The molecule has 9 nitrogen and oxygen atoms in total. The number of carbonyl (C=O) groups is 2. The van der Waals surface area contributed by atoms with Gasteiger partial charge in [-0.05, 0) is 54.7 Å². The van der Waals surface area contributed by atoms with E-state index in [0.717, 1.165) is 23.5 Å². The maximum atomic E-state index is 15.3. The lowest BCUT2D eigenvalue weighted by atomic mass is 10.0. The molecule has 2 aromatic carbocycles. The van der Waals surface area contributed by atoms with E-state index in [2.05, 4.69) is 9.82 Å². The summed E-state index contributed by atoms with van der Waals surface area (Å²) in [7, 11) is -4.91. The van der Waals surface area contributed by atoms with Gasteiger partial charge in [-0.3, -0.25) is 0 Å². The van der Waals surface area contributed by atoms with Crippen LogP contribution in [0.25, 0.3) is 11.1 Å². The first-order chi connectivity index (χ1) is 21.4. The molecule has 2 amide bonds. The molecule has 0 radical (unpaired) electrons. The zero-order valence-corrected chi connectivity index (χ0v) is 26.0. The topological polar surface area (TPSA) is 111 Å². The fourth-order valence-corrected chi connectivity index (χ4v) is 7.13. The van der Waals surface area contributed by atoms with Gasteiger partial charge in [0.25, 0.3) is 10.0 Å². The third-order valence-corrected chi connectivity index (χ3v) is 9.43. The van der Waals surface area contributed by atoms with Gasteiger partial charge in [0.15, 0.2) is 11.6 Å². The Bertz CT molecular complexity index is 1870. The van der Waals surface area contributed by atoms with Crippen LogP contribution < -0.4 is 4.72 Å². The van der Waals surface area contributed by atoms with Crippen molar-refractivity contribution in [3.63, 3.8) is 0 Å². The molecule has 2 aromatic heterocycles. The number of benzene rings is 2. The lowest BCUT2D eigenvalue weighted by Crippen LogP contribution is -2.45. The van der Waals surface area contributed by atoms with Gasteiger partial charge < -0.3 is 9.40 Å². The molecule has 2 heterocycles. The molecule has 0 saturated carbocycles. The summed E-state index contributed by atoms with van der Waals surface area (Å²) >= 11 is 0.750. The van der Waals surface area contributed by atoms with Crippen molar-refractivity contribution in [2.24, 2.45) is 5.92 Å². The number of alkyl halides is 3. The molecular formula is C29H26F6N4O5S2. The van der Waals surface area contributed by atoms with Crippen molar-refractivity contribution < 1.29 is 49.2 Å². The van der Waals surface area contributed by atoms with Crippen LogP contribution >= 0.6 is 11.3 Å². The molecule has 0 saturated heterocycles. The van der Waals surface area contributed by atoms with Gasteiger partial charge in [0.2, 0.25) is 0 Å². The Morgan fingerprint density at radius 3 is 2.35 bits per heavy atom. The molecule has 0 spiro atoms. The van der Waals surface area contributed by atoms with Crippen molar-refractivity contribution in [3.05, 3.63) is 94.1 Å². The third-order valence-electron chi connectivity index (χ3n) is 6.41. The van der Waals surface area contributed by atoms with Crippen molar-refractivity contribution in [1.29, 1.82) is 0 Å². The average molecular weight is 689 g/mol. The van der Waals surface area contributed by atoms with Crippen LogP contribution in [0.15, 0.2) is 59.1 Å². The van der Waals surface area contributed by atoms with Crippen LogP contribution in [0.5, 0.6) is 0 Å². The first kappa shape index (κ1) is 34.5. The van der Waals surface area contributed by atoms with Crippen LogP contribution in [0.3, 0.4) is 0 Å². The number of thiophene rings is 1. The number of sulfonamides is 1. The fourth-order valence-electron chi connectivity index (χ4n) is 4.24. The number of halogens is 6. The van der Waals surface area contributed by atoms with Gasteiger partial charge >= 0.3 is 18.2 Å². The molecule has 4 aromatic rings. The van der Waals surface area contributed by atoms with Crippen LogP contribution in [0.1, 0.15) is 35.7 Å². The highest BCUT2D eigenvalue weighted by molar-refractivity contribution is 7.92. The summed E-state index contributed by atoms with van der Waals surface area (Å²) in [6, 6.07) is 5.73. The summed E-state index contributed by atoms with van der Waals surface area (Å²) in [5, 5.41) is -0.283. The van der Waals surface area contributed by atoms with E-state index in [1.54, 1.807) is 28.6 Å². The van der Waals surface area contributed by atoms with Crippen LogP contribution in [-0.2, 0) is 39.2 Å². The predicted octanol–water partition coefficient (Wildman–Crippen LogP) is 6.51.